The van der Waals surface area contributed by atoms with Crippen molar-refractivity contribution >= 4 is 35.4 Å². The number of nitrogens with one attached hydrogen (secondary N) is 1. The first-order chi connectivity index (χ1) is 23.6. The van der Waals surface area contributed by atoms with E-state index in [9.17, 15) is 34.5 Å². The summed E-state index contributed by atoms with van der Waals surface area (Å²) in [6, 6.07) is 8.65. The summed E-state index contributed by atoms with van der Waals surface area (Å²) in [5.74, 6) is -1.63. The summed E-state index contributed by atoms with van der Waals surface area (Å²) in [7, 11) is 3.75. The van der Waals surface area contributed by atoms with Gasteiger partial charge in [-0.25, -0.2) is 14.4 Å². The maximum Gasteiger partial charge on any atom is 0.408 e. The van der Waals surface area contributed by atoms with Crippen LogP contribution in [0.15, 0.2) is 36.4 Å². The highest BCUT2D eigenvalue weighted by atomic mass is 35.5. The monoisotopic (exact) mass is 725 g/mol. The Hall–Kier alpha value is -3.99. The molecule has 0 aliphatic carbocycles. The van der Waals surface area contributed by atoms with Crippen molar-refractivity contribution in [1.29, 1.82) is 0 Å². The Kier molecular flexibility index (Phi) is 14.8. The largest absolute Gasteiger partial charge is 0.496 e. The number of amides is 1. The second-order valence-electron chi connectivity index (χ2n) is 12.4. The fourth-order valence-electron chi connectivity index (χ4n) is 4.99. The molecule has 1 fully saturated rings. The third-order valence-corrected chi connectivity index (χ3v) is 7.74. The average Bonchev–Trinajstić information content (AvgIpc) is 3.07. The van der Waals surface area contributed by atoms with Crippen LogP contribution in [-0.2, 0) is 46.3 Å². The third-order valence-electron chi connectivity index (χ3n) is 7.45. The highest BCUT2D eigenvalue weighted by Crippen LogP contribution is 2.35. The number of hydrogen-bond donors (Lipinski definition) is 4. The maximum atomic E-state index is 13.1. The quantitative estimate of drug-likeness (QED) is 0.154. The Morgan fingerprint density at radius 1 is 1.00 bits per heavy atom. The zero-order valence-corrected chi connectivity index (χ0v) is 29.4. The summed E-state index contributed by atoms with van der Waals surface area (Å²) in [6.45, 7) is 4.49. The molecule has 1 aliphatic heterocycles. The summed E-state index contributed by atoms with van der Waals surface area (Å²) in [4.78, 5) is 50.3. The zero-order valence-electron chi connectivity index (χ0n) is 28.7. The molecule has 15 nitrogen and oxygen atoms in total. The van der Waals surface area contributed by atoms with Crippen LogP contribution in [0.2, 0.25) is 5.02 Å². The van der Waals surface area contributed by atoms with Gasteiger partial charge in [0.25, 0.3) is 0 Å². The number of aliphatic hydroxyl groups is 3. The van der Waals surface area contributed by atoms with Gasteiger partial charge in [0.2, 0.25) is 0 Å². The van der Waals surface area contributed by atoms with E-state index in [0.29, 0.717) is 11.1 Å². The first kappa shape index (κ1) is 40.4. The smallest absolute Gasteiger partial charge is 0.408 e. The van der Waals surface area contributed by atoms with Crippen molar-refractivity contribution < 1.29 is 67.7 Å². The van der Waals surface area contributed by atoms with Crippen LogP contribution < -0.4 is 14.8 Å². The SMILES string of the molecule is COC(=O)[C@H](CCC(=O)Cc1cccc(COc2cc(OC)c(C(=O)O[C@H]3[C@@H](OC)O[C@H](CO)[C@@H](O)[C@@H]3O)cc2Cl)c1)NC(=O)OC(C)(C)C. The molecule has 6 atom stereocenters. The Morgan fingerprint density at radius 3 is 2.32 bits per heavy atom. The van der Waals surface area contributed by atoms with E-state index in [-0.39, 0.29) is 53.7 Å². The van der Waals surface area contributed by atoms with Crippen LogP contribution in [0.3, 0.4) is 0 Å². The molecule has 50 heavy (non-hydrogen) atoms. The van der Waals surface area contributed by atoms with Crippen LogP contribution in [0.5, 0.6) is 11.5 Å². The lowest BCUT2D eigenvalue weighted by Gasteiger charge is -2.40. The predicted octanol–water partition coefficient (Wildman–Crippen LogP) is 2.50. The minimum Gasteiger partial charge on any atom is -0.496 e. The molecule has 0 bridgehead atoms. The second-order valence-corrected chi connectivity index (χ2v) is 12.8. The van der Waals surface area contributed by atoms with Crippen molar-refractivity contribution in [1.82, 2.24) is 5.32 Å². The van der Waals surface area contributed by atoms with Crippen molar-refractivity contribution in [3.8, 4) is 11.5 Å². The molecule has 4 N–H and O–H groups in total. The number of carbonyl (C=O) groups excluding carboxylic acids is 4. The van der Waals surface area contributed by atoms with E-state index < -0.39 is 67.0 Å². The molecule has 1 amide bonds. The molecule has 1 saturated heterocycles. The van der Waals surface area contributed by atoms with Crippen LogP contribution in [0, 0.1) is 0 Å². The van der Waals surface area contributed by atoms with E-state index >= 15 is 0 Å². The number of ketones is 1. The van der Waals surface area contributed by atoms with E-state index in [1.807, 2.05) is 0 Å². The Balaban J connectivity index is 1.63. The van der Waals surface area contributed by atoms with Gasteiger partial charge in [-0.1, -0.05) is 35.9 Å². The molecule has 276 valence electrons. The zero-order chi connectivity index (χ0) is 37.2. The summed E-state index contributed by atoms with van der Waals surface area (Å²) >= 11 is 6.45. The maximum absolute atomic E-state index is 13.1. The van der Waals surface area contributed by atoms with E-state index in [0.717, 1.165) is 0 Å². The Labute approximate surface area is 294 Å². The fourth-order valence-corrected chi connectivity index (χ4v) is 5.20. The van der Waals surface area contributed by atoms with Crippen LogP contribution >= 0.6 is 11.6 Å². The number of esters is 2. The molecule has 0 spiro atoms. The highest BCUT2D eigenvalue weighted by Gasteiger charge is 2.47. The lowest BCUT2D eigenvalue weighted by molar-refractivity contribution is -0.293. The van der Waals surface area contributed by atoms with Crippen LogP contribution in [0.25, 0.3) is 0 Å². The Morgan fingerprint density at radius 2 is 1.70 bits per heavy atom. The lowest BCUT2D eigenvalue weighted by Crippen LogP contribution is -2.60. The number of Topliss-reactive ketones (excluding diaryl/α,β-unsaturated/α-hetero) is 1. The summed E-state index contributed by atoms with van der Waals surface area (Å²) in [5, 5.41) is 32.6. The van der Waals surface area contributed by atoms with Gasteiger partial charge in [-0.2, -0.15) is 0 Å². The lowest BCUT2D eigenvalue weighted by atomic mass is 9.99. The summed E-state index contributed by atoms with van der Waals surface area (Å²) < 4.78 is 37.2. The number of carbonyl (C=O) groups is 4. The number of benzene rings is 2. The van der Waals surface area contributed by atoms with Crippen molar-refractivity contribution in [2.45, 2.75) is 89.0 Å². The van der Waals surface area contributed by atoms with Gasteiger partial charge in [-0.3, -0.25) is 4.79 Å². The molecule has 0 unspecified atom stereocenters. The number of hydrogen-bond acceptors (Lipinski definition) is 14. The molecule has 2 aromatic carbocycles. The fraction of sp³-hybridized carbons (Fsp3) is 0.529. The van der Waals surface area contributed by atoms with Gasteiger partial charge in [-0.15, -0.1) is 0 Å². The first-order valence-corrected chi connectivity index (χ1v) is 16.0. The molecule has 0 aromatic heterocycles. The van der Waals surface area contributed by atoms with Crippen molar-refractivity contribution in [2.75, 3.05) is 27.9 Å². The van der Waals surface area contributed by atoms with Crippen molar-refractivity contribution in [3.63, 3.8) is 0 Å². The third kappa shape index (κ3) is 11.3. The van der Waals surface area contributed by atoms with Gasteiger partial charge in [-0.05, 0) is 44.4 Å². The minimum atomic E-state index is -1.62. The summed E-state index contributed by atoms with van der Waals surface area (Å²) in [6.07, 6.45) is -7.76. The summed E-state index contributed by atoms with van der Waals surface area (Å²) in [5.41, 5.74) is 0.505. The van der Waals surface area contributed by atoms with Gasteiger partial charge in [0, 0.05) is 26.0 Å². The second kappa shape index (κ2) is 18.3. The van der Waals surface area contributed by atoms with E-state index in [4.69, 9.17) is 44.8 Å². The van der Waals surface area contributed by atoms with Gasteiger partial charge >= 0.3 is 18.0 Å². The molecular formula is C34H44ClNO14. The van der Waals surface area contributed by atoms with Gasteiger partial charge < -0.3 is 53.8 Å². The number of aliphatic hydroxyl groups excluding tert-OH is 3. The van der Waals surface area contributed by atoms with Gasteiger partial charge in [0.15, 0.2) is 12.4 Å². The van der Waals surface area contributed by atoms with Gasteiger partial charge in [0.1, 0.15) is 59.4 Å². The molecule has 1 aliphatic rings. The minimum absolute atomic E-state index is 0.0108. The molecule has 0 radical (unpaired) electrons. The molecule has 3 rings (SSSR count). The van der Waals surface area contributed by atoms with Crippen LogP contribution in [0.4, 0.5) is 4.79 Å². The standard InChI is InChI=1S/C34H44ClNO14/c1-34(2,3)50-33(43)36-23(31(42)45-5)11-10-20(38)13-18-8-7-9-19(12-18)17-47-25-15-24(44-4)21(14-22(25)35)30(41)49-29-28(40)27(39)26(16-37)48-32(29)46-6/h7-9,12,14-15,23,26-29,32,37,39-40H,10-11,13,16-17H2,1-6H3,(H,36,43)/t23-,26+,27+,28-,29+,32-/m0/s1. The van der Waals surface area contributed by atoms with Gasteiger partial charge in [0.05, 0.1) is 25.8 Å². The van der Waals surface area contributed by atoms with Crippen LogP contribution in [-0.4, -0.2) is 109 Å². The number of halogens is 1. The molecule has 0 saturated carbocycles. The number of ether oxygens (including phenoxy) is 7. The average molecular weight is 726 g/mol. The molecular weight excluding hydrogens is 682 g/mol. The Bertz CT molecular complexity index is 1490. The van der Waals surface area contributed by atoms with E-state index in [1.54, 1.807) is 45.0 Å². The number of methoxy groups -OCH3 is 3. The highest BCUT2D eigenvalue weighted by molar-refractivity contribution is 6.32. The topological polar surface area (TPSA) is 206 Å². The van der Waals surface area contributed by atoms with E-state index in [1.165, 1.54) is 33.5 Å². The predicted molar refractivity (Wildman–Crippen MR) is 176 cm³/mol. The number of alkyl carbamates (subject to hydrolysis) is 1. The molecule has 1 heterocycles. The molecule has 2 aromatic rings. The van der Waals surface area contributed by atoms with E-state index in [2.05, 4.69) is 5.32 Å². The first-order valence-electron chi connectivity index (χ1n) is 15.6. The van der Waals surface area contributed by atoms with Crippen molar-refractivity contribution in [3.05, 3.63) is 58.1 Å². The molecule has 16 heteroatoms. The normalized spacial score (nSPS) is 21.0. The number of rotatable bonds is 15. The van der Waals surface area contributed by atoms with Crippen molar-refractivity contribution in [2.24, 2.45) is 0 Å². The van der Waals surface area contributed by atoms with Crippen LogP contribution in [0.1, 0.15) is 55.1 Å².